The fourth-order valence-corrected chi connectivity index (χ4v) is 1.27. The molecule has 1 saturated carbocycles. The van der Waals surface area contributed by atoms with Crippen LogP contribution in [0.5, 0.6) is 0 Å². The van der Waals surface area contributed by atoms with E-state index in [1.807, 2.05) is 0 Å². The number of aliphatic carboxylic acids is 1. The van der Waals surface area contributed by atoms with Crippen LogP contribution < -0.4 is 11.1 Å². The second-order valence-electron chi connectivity index (χ2n) is 4.29. The van der Waals surface area contributed by atoms with Crippen molar-refractivity contribution in [2.24, 2.45) is 11.7 Å². The molecular weight excluding hydrogens is 196 g/mol. The predicted octanol–water partition coefficient (Wildman–Crippen LogP) is 0.0948. The zero-order chi connectivity index (χ0) is 11.5. The first kappa shape index (κ1) is 12.0. The van der Waals surface area contributed by atoms with E-state index in [-0.39, 0.29) is 11.8 Å². The first-order valence-corrected chi connectivity index (χ1v) is 5.26. The lowest BCUT2D eigenvalue weighted by molar-refractivity contribution is -0.141. The van der Waals surface area contributed by atoms with Crippen LogP contribution in [0.15, 0.2) is 0 Å². The smallest absolute Gasteiger partial charge is 0.306 e. The molecule has 0 aromatic rings. The molecule has 86 valence electrons. The van der Waals surface area contributed by atoms with Crippen molar-refractivity contribution in [3.63, 3.8) is 0 Å². The van der Waals surface area contributed by atoms with Gasteiger partial charge in [0, 0.05) is 6.54 Å². The normalized spacial score (nSPS) is 19.3. The Hall–Kier alpha value is -1.10. The maximum atomic E-state index is 11.4. The molecule has 0 aromatic carbocycles. The fraction of sp³-hybridized carbons (Fsp3) is 0.800. The van der Waals surface area contributed by atoms with Crippen LogP contribution in [0.2, 0.25) is 0 Å². The van der Waals surface area contributed by atoms with Crippen molar-refractivity contribution in [3.05, 3.63) is 0 Å². The van der Waals surface area contributed by atoms with Gasteiger partial charge >= 0.3 is 5.97 Å². The lowest BCUT2D eigenvalue weighted by Crippen LogP contribution is -2.43. The number of nitrogens with one attached hydrogen (secondary N) is 1. The van der Waals surface area contributed by atoms with E-state index >= 15 is 0 Å². The van der Waals surface area contributed by atoms with Crippen LogP contribution in [0.3, 0.4) is 0 Å². The summed E-state index contributed by atoms with van der Waals surface area (Å²) in [5, 5.41) is 11.3. The first-order valence-electron chi connectivity index (χ1n) is 5.26. The predicted molar refractivity (Wildman–Crippen MR) is 55.2 cm³/mol. The van der Waals surface area contributed by atoms with Crippen LogP contribution in [-0.4, -0.2) is 29.1 Å². The van der Waals surface area contributed by atoms with E-state index in [2.05, 4.69) is 5.32 Å². The van der Waals surface area contributed by atoms with Crippen LogP contribution in [0.4, 0.5) is 0 Å². The molecule has 0 heterocycles. The van der Waals surface area contributed by atoms with Crippen LogP contribution in [0.1, 0.15) is 32.6 Å². The van der Waals surface area contributed by atoms with Gasteiger partial charge in [-0.1, -0.05) is 6.92 Å². The van der Waals surface area contributed by atoms with Crippen molar-refractivity contribution >= 4 is 11.9 Å². The average molecular weight is 214 g/mol. The summed E-state index contributed by atoms with van der Waals surface area (Å²) in [6.45, 7) is 2.17. The molecular formula is C10H18N2O3. The van der Waals surface area contributed by atoms with Gasteiger partial charge in [-0.25, -0.2) is 0 Å². The van der Waals surface area contributed by atoms with Crippen molar-refractivity contribution in [2.45, 2.75) is 38.1 Å². The Morgan fingerprint density at radius 3 is 2.60 bits per heavy atom. The summed E-state index contributed by atoms with van der Waals surface area (Å²) in [7, 11) is 0. The third-order valence-electron chi connectivity index (χ3n) is 2.76. The number of nitrogens with two attached hydrogens (primary N) is 1. The van der Waals surface area contributed by atoms with E-state index in [9.17, 15) is 9.59 Å². The monoisotopic (exact) mass is 214 g/mol. The minimum absolute atomic E-state index is 0.106. The lowest BCUT2D eigenvalue weighted by atomic mass is 10.1. The van der Waals surface area contributed by atoms with Gasteiger partial charge < -0.3 is 16.2 Å². The van der Waals surface area contributed by atoms with Gasteiger partial charge in [0.25, 0.3) is 0 Å². The number of hydrogen-bond donors (Lipinski definition) is 3. The summed E-state index contributed by atoms with van der Waals surface area (Å²) >= 11 is 0. The van der Waals surface area contributed by atoms with Gasteiger partial charge in [0.2, 0.25) is 5.91 Å². The largest absolute Gasteiger partial charge is 0.481 e. The highest BCUT2D eigenvalue weighted by atomic mass is 16.4. The molecule has 1 aliphatic rings. The van der Waals surface area contributed by atoms with Crippen LogP contribution in [0.25, 0.3) is 0 Å². The van der Waals surface area contributed by atoms with Crippen molar-refractivity contribution < 1.29 is 14.7 Å². The maximum absolute atomic E-state index is 11.4. The van der Waals surface area contributed by atoms with Crippen molar-refractivity contribution in [1.82, 2.24) is 5.32 Å². The number of rotatable bonds is 6. The minimum atomic E-state index is -0.793. The molecule has 1 unspecified atom stereocenters. The molecule has 1 fully saturated rings. The highest BCUT2D eigenvalue weighted by Gasteiger charge is 2.45. The Morgan fingerprint density at radius 2 is 2.13 bits per heavy atom. The summed E-state index contributed by atoms with van der Waals surface area (Å²) < 4.78 is 0. The molecule has 0 aromatic heterocycles. The molecule has 1 atom stereocenters. The van der Waals surface area contributed by atoms with Gasteiger partial charge in [0.05, 0.1) is 11.5 Å². The van der Waals surface area contributed by atoms with E-state index in [1.54, 1.807) is 6.92 Å². The Morgan fingerprint density at radius 1 is 1.53 bits per heavy atom. The van der Waals surface area contributed by atoms with Crippen molar-refractivity contribution in [2.75, 3.05) is 6.54 Å². The van der Waals surface area contributed by atoms with Crippen molar-refractivity contribution in [3.8, 4) is 0 Å². The number of hydrogen-bond acceptors (Lipinski definition) is 3. The van der Waals surface area contributed by atoms with E-state index in [0.717, 1.165) is 12.8 Å². The quantitative estimate of drug-likeness (QED) is 0.546. The zero-order valence-electron chi connectivity index (χ0n) is 8.95. The zero-order valence-corrected chi connectivity index (χ0v) is 8.95. The summed E-state index contributed by atoms with van der Waals surface area (Å²) in [5.74, 6) is -1.25. The maximum Gasteiger partial charge on any atom is 0.306 e. The number of amides is 1. The van der Waals surface area contributed by atoms with Crippen LogP contribution in [0, 0.1) is 5.92 Å². The standard InChI is InChI=1S/C10H18N2O3/c1-7(8(13)14)3-2-6-12-9(15)10(11)4-5-10/h7H,2-6,11H2,1H3,(H,12,15)(H,13,14). The molecule has 0 aliphatic heterocycles. The first-order chi connectivity index (χ1) is 6.96. The molecule has 1 amide bonds. The molecule has 0 bridgehead atoms. The van der Waals surface area contributed by atoms with E-state index in [0.29, 0.717) is 19.4 Å². The molecule has 0 spiro atoms. The molecule has 1 aliphatic carbocycles. The Labute approximate surface area is 89.0 Å². The molecule has 1 rings (SSSR count). The number of carbonyl (C=O) groups is 2. The molecule has 0 radical (unpaired) electrons. The molecule has 4 N–H and O–H groups in total. The summed E-state index contributed by atoms with van der Waals surface area (Å²) in [6, 6.07) is 0. The van der Waals surface area contributed by atoms with Gasteiger partial charge in [-0.15, -0.1) is 0 Å². The number of carboxylic acids is 1. The number of carboxylic acid groups (broad SMARTS) is 1. The molecule has 5 nitrogen and oxygen atoms in total. The fourth-order valence-electron chi connectivity index (χ4n) is 1.27. The van der Waals surface area contributed by atoms with Gasteiger partial charge in [-0.2, -0.15) is 0 Å². The van der Waals surface area contributed by atoms with Gasteiger partial charge in [-0.05, 0) is 25.7 Å². The van der Waals surface area contributed by atoms with Gasteiger partial charge in [-0.3, -0.25) is 9.59 Å². The van der Waals surface area contributed by atoms with E-state index in [4.69, 9.17) is 10.8 Å². The Kier molecular flexibility index (Phi) is 3.68. The summed E-state index contributed by atoms with van der Waals surface area (Å²) in [6.07, 6.45) is 2.76. The molecule has 15 heavy (non-hydrogen) atoms. The molecule has 0 saturated heterocycles. The average Bonchev–Trinajstić information content (AvgIpc) is 2.91. The third-order valence-corrected chi connectivity index (χ3v) is 2.76. The van der Waals surface area contributed by atoms with Crippen molar-refractivity contribution in [1.29, 1.82) is 0 Å². The SMILES string of the molecule is CC(CCCNC(=O)C1(N)CC1)C(=O)O. The lowest BCUT2D eigenvalue weighted by Gasteiger charge is -2.10. The summed E-state index contributed by atoms with van der Waals surface area (Å²) in [4.78, 5) is 21.8. The van der Waals surface area contributed by atoms with Gasteiger partial charge in [0.1, 0.15) is 0 Å². The highest BCUT2D eigenvalue weighted by Crippen LogP contribution is 2.31. The Bertz CT molecular complexity index is 261. The third kappa shape index (κ3) is 3.51. The second-order valence-corrected chi connectivity index (χ2v) is 4.29. The number of carbonyl (C=O) groups excluding carboxylic acids is 1. The van der Waals surface area contributed by atoms with Crippen LogP contribution in [-0.2, 0) is 9.59 Å². The Balaban J connectivity index is 2.07. The van der Waals surface area contributed by atoms with E-state index in [1.165, 1.54) is 0 Å². The molecule has 5 heteroatoms. The summed E-state index contributed by atoms with van der Waals surface area (Å²) in [5.41, 5.74) is 5.05. The van der Waals surface area contributed by atoms with Gasteiger partial charge in [0.15, 0.2) is 0 Å². The van der Waals surface area contributed by atoms with E-state index < -0.39 is 11.5 Å². The highest BCUT2D eigenvalue weighted by molar-refractivity contribution is 5.88. The second kappa shape index (κ2) is 4.61. The van der Waals surface area contributed by atoms with Crippen LogP contribution >= 0.6 is 0 Å². The minimum Gasteiger partial charge on any atom is -0.481 e. The topological polar surface area (TPSA) is 92.4 Å².